The number of nitrogens with zero attached hydrogens (tertiary/aromatic N) is 7. The Kier molecular flexibility index (Phi) is 6.00. The first-order chi connectivity index (χ1) is 17.9. The molecule has 7 nitrogen and oxygen atoms in total. The monoisotopic (exact) mass is 537 g/mol. The predicted octanol–water partition coefficient (Wildman–Crippen LogP) is 5.66. The number of fused-ring (bicyclic) bond motifs is 1. The van der Waals surface area contributed by atoms with E-state index in [-0.39, 0.29) is 46.9 Å². The van der Waals surface area contributed by atoms with E-state index in [1.165, 1.54) is 30.5 Å². The number of aromatic nitrogens is 7. The highest BCUT2D eigenvalue weighted by atomic mass is 19.4. The molecular formula is C23H11F8N7. The van der Waals surface area contributed by atoms with Crippen LogP contribution in [0, 0.1) is 11.6 Å². The summed E-state index contributed by atoms with van der Waals surface area (Å²) >= 11 is 0. The molecule has 194 valence electrons. The lowest BCUT2D eigenvalue weighted by atomic mass is 10.0. The lowest BCUT2D eigenvalue weighted by Crippen LogP contribution is -2.13. The minimum Gasteiger partial charge on any atom is -0.223 e. The van der Waals surface area contributed by atoms with E-state index in [0.29, 0.717) is 12.1 Å². The van der Waals surface area contributed by atoms with E-state index in [1.54, 1.807) is 0 Å². The van der Waals surface area contributed by atoms with Gasteiger partial charge in [0.2, 0.25) is 5.82 Å². The highest BCUT2D eigenvalue weighted by molar-refractivity contribution is 5.65. The smallest absolute Gasteiger partial charge is 0.223 e. The first-order valence-electron chi connectivity index (χ1n) is 10.5. The summed E-state index contributed by atoms with van der Waals surface area (Å²) in [7, 11) is 0. The van der Waals surface area contributed by atoms with E-state index in [9.17, 15) is 35.1 Å². The first-order valence-corrected chi connectivity index (χ1v) is 10.5. The zero-order chi connectivity index (χ0) is 27.2. The Labute approximate surface area is 207 Å². The first kappa shape index (κ1) is 25.1. The molecule has 3 heterocycles. The van der Waals surface area contributed by atoms with Crippen LogP contribution in [-0.4, -0.2) is 35.2 Å². The van der Waals surface area contributed by atoms with Crippen LogP contribution in [0.5, 0.6) is 0 Å². The van der Waals surface area contributed by atoms with Crippen molar-refractivity contribution in [3.8, 4) is 34.2 Å². The highest BCUT2D eigenvalue weighted by Gasteiger charge is 2.38. The highest BCUT2D eigenvalue weighted by Crippen LogP contribution is 2.40. The van der Waals surface area contributed by atoms with E-state index in [0.717, 1.165) is 10.9 Å². The van der Waals surface area contributed by atoms with Crippen molar-refractivity contribution >= 4 is 0 Å². The zero-order valence-electron chi connectivity index (χ0n) is 18.6. The maximum absolute atomic E-state index is 14.1. The number of halogens is 8. The summed E-state index contributed by atoms with van der Waals surface area (Å²) in [5.41, 5.74) is -3.58. The van der Waals surface area contributed by atoms with E-state index < -0.39 is 40.7 Å². The molecule has 0 fully saturated rings. The average Bonchev–Trinajstić information content (AvgIpc) is 3.28. The average molecular weight is 537 g/mol. The van der Waals surface area contributed by atoms with Gasteiger partial charge in [-0.3, -0.25) is 0 Å². The van der Waals surface area contributed by atoms with E-state index in [2.05, 4.69) is 30.4 Å². The van der Waals surface area contributed by atoms with Gasteiger partial charge in [-0.15, -0.1) is 5.10 Å². The quantitative estimate of drug-likeness (QED) is 0.275. The van der Waals surface area contributed by atoms with Crippen LogP contribution in [-0.2, 0) is 18.9 Å². The molecule has 0 N–H and O–H groups in total. The maximum Gasteiger partial charge on any atom is 0.417 e. The van der Waals surface area contributed by atoms with Crippen LogP contribution in [0.1, 0.15) is 16.8 Å². The Bertz CT molecular complexity index is 1590. The van der Waals surface area contributed by atoms with Crippen molar-refractivity contribution < 1.29 is 35.1 Å². The Balaban J connectivity index is 1.41. The largest absolute Gasteiger partial charge is 0.417 e. The molecule has 0 unspecified atom stereocenters. The number of rotatable bonds is 4. The standard InChI is InChI=1S/C23H11F8N7/c24-16-3-1-2-14(19(16)25)20-33-18-9-32-38(37-21(18)34-20)10-12-5-7-17(36-35-12)13-6-4-11(22(26,27)28)8-15(13)23(29,30)31/h1-9H,10H2. The van der Waals surface area contributed by atoms with Gasteiger partial charge in [-0.05, 0) is 36.4 Å². The minimum absolute atomic E-state index is 0.0225. The number of alkyl halides is 6. The number of imidazole rings is 1. The fraction of sp³-hybridized carbons (Fsp3) is 0.130. The van der Waals surface area contributed by atoms with Gasteiger partial charge < -0.3 is 0 Å². The van der Waals surface area contributed by atoms with Crippen molar-refractivity contribution in [3.63, 3.8) is 0 Å². The molecule has 38 heavy (non-hydrogen) atoms. The normalized spacial score (nSPS) is 12.3. The zero-order valence-corrected chi connectivity index (χ0v) is 18.6. The van der Waals surface area contributed by atoms with Gasteiger partial charge in [0.15, 0.2) is 17.5 Å². The van der Waals surface area contributed by atoms with Crippen molar-refractivity contribution in [2.24, 2.45) is 0 Å². The fourth-order valence-electron chi connectivity index (χ4n) is 3.55. The second-order valence-electron chi connectivity index (χ2n) is 7.90. The lowest BCUT2D eigenvalue weighted by molar-refractivity contribution is -0.142. The number of hydrogen-bond donors (Lipinski definition) is 0. The summed E-state index contributed by atoms with van der Waals surface area (Å²) < 4.78 is 107. The number of benzene rings is 2. The van der Waals surface area contributed by atoms with E-state index >= 15 is 0 Å². The van der Waals surface area contributed by atoms with Crippen molar-refractivity contribution in [1.82, 2.24) is 35.2 Å². The van der Waals surface area contributed by atoms with E-state index in [1.807, 2.05) is 0 Å². The molecule has 15 heteroatoms. The second-order valence-corrected chi connectivity index (χ2v) is 7.90. The summed E-state index contributed by atoms with van der Waals surface area (Å²) in [5.74, 6) is -2.24. The summed E-state index contributed by atoms with van der Waals surface area (Å²) in [4.78, 5) is 9.28. The number of hydrogen-bond acceptors (Lipinski definition) is 6. The molecule has 0 saturated heterocycles. The fourth-order valence-corrected chi connectivity index (χ4v) is 3.55. The van der Waals surface area contributed by atoms with Crippen LogP contribution < -0.4 is 0 Å². The van der Waals surface area contributed by atoms with Crippen LogP contribution >= 0.6 is 0 Å². The molecule has 1 aromatic heterocycles. The Morgan fingerprint density at radius 2 is 1.53 bits per heavy atom. The topological polar surface area (TPSA) is 82.3 Å². The molecule has 2 aromatic carbocycles. The third kappa shape index (κ3) is 4.86. The molecule has 2 aliphatic heterocycles. The predicted molar refractivity (Wildman–Crippen MR) is 114 cm³/mol. The van der Waals surface area contributed by atoms with Crippen molar-refractivity contribution in [1.29, 1.82) is 0 Å². The maximum atomic E-state index is 14.1. The molecule has 0 bridgehead atoms. The van der Waals surface area contributed by atoms with Gasteiger partial charge >= 0.3 is 12.4 Å². The van der Waals surface area contributed by atoms with E-state index in [4.69, 9.17) is 0 Å². The van der Waals surface area contributed by atoms with Gasteiger partial charge in [0.25, 0.3) is 0 Å². The molecule has 0 saturated carbocycles. The van der Waals surface area contributed by atoms with Gasteiger partial charge in [-0.25, -0.2) is 18.7 Å². The Morgan fingerprint density at radius 3 is 2.21 bits per heavy atom. The summed E-state index contributed by atoms with van der Waals surface area (Å²) in [6.07, 6.45) is -8.75. The molecule has 2 aliphatic rings. The third-order valence-corrected chi connectivity index (χ3v) is 5.33. The molecule has 0 radical (unpaired) electrons. The second kappa shape index (κ2) is 9.08. The van der Waals surface area contributed by atoms with Gasteiger partial charge in [0, 0.05) is 5.56 Å². The van der Waals surface area contributed by atoms with Crippen LogP contribution in [0.15, 0.2) is 54.7 Å². The van der Waals surface area contributed by atoms with Crippen LogP contribution in [0.3, 0.4) is 0 Å². The van der Waals surface area contributed by atoms with Crippen molar-refractivity contribution in [2.75, 3.05) is 0 Å². The molecule has 0 spiro atoms. The molecule has 3 aromatic rings. The van der Waals surface area contributed by atoms with Crippen LogP contribution in [0.2, 0.25) is 0 Å². The van der Waals surface area contributed by atoms with Crippen LogP contribution in [0.25, 0.3) is 34.2 Å². The minimum atomic E-state index is -5.07. The van der Waals surface area contributed by atoms with Gasteiger partial charge in [0.05, 0.1) is 34.3 Å². The summed E-state index contributed by atoms with van der Waals surface area (Å²) in [6.45, 7) is -0.112. The Hall–Kier alpha value is -4.56. The molecule has 0 aliphatic carbocycles. The van der Waals surface area contributed by atoms with Gasteiger partial charge in [-0.1, -0.05) is 12.1 Å². The van der Waals surface area contributed by atoms with Crippen LogP contribution in [0.4, 0.5) is 35.1 Å². The SMILES string of the molecule is Fc1cccc(-c2nc3cnn(Cc4ccc(-c5ccc(C(F)(F)F)cc5C(F)(F)F)nn4)nc-3n2)c1F. The summed E-state index contributed by atoms with van der Waals surface area (Å²) in [6, 6.07) is 7.27. The molecule has 5 rings (SSSR count). The van der Waals surface area contributed by atoms with Crippen molar-refractivity contribution in [3.05, 3.63) is 83.2 Å². The molecule has 0 atom stereocenters. The molecule has 0 amide bonds. The third-order valence-electron chi connectivity index (χ3n) is 5.33. The Morgan fingerprint density at radius 1 is 0.737 bits per heavy atom. The molecular weight excluding hydrogens is 526 g/mol. The summed E-state index contributed by atoms with van der Waals surface area (Å²) in [5, 5.41) is 15.7. The lowest BCUT2D eigenvalue weighted by Gasteiger charge is -2.15. The van der Waals surface area contributed by atoms with Gasteiger partial charge in [-0.2, -0.15) is 46.4 Å². The van der Waals surface area contributed by atoms with Gasteiger partial charge in [0.1, 0.15) is 12.2 Å². The van der Waals surface area contributed by atoms with Crippen molar-refractivity contribution in [2.45, 2.75) is 18.9 Å².